The molecule has 4 N–H and O–H groups in total. The Balaban J connectivity index is 3.19. The van der Waals surface area contributed by atoms with Gasteiger partial charge in [0.2, 0.25) is 0 Å². The first-order valence-electron chi connectivity index (χ1n) is 3.73. The Hall–Kier alpha value is -2.45. The summed E-state index contributed by atoms with van der Waals surface area (Å²) in [6.45, 7) is 0. The summed E-state index contributed by atoms with van der Waals surface area (Å²) in [5.74, 6) is -0.996. The summed E-state index contributed by atoms with van der Waals surface area (Å²) < 4.78 is 0.675. The second kappa shape index (κ2) is 4.17. The van der Waals surface area contributed by atoms with E-state index in [2.05, 4.69) is 20.7 Å². The largest absolute Gasteiger partial charge is 0.464 e. The Bertz CT molecular complexity index is 391. The van der Waals surface area contributed by atoms with Gasteiger partial charge in [-0.3, -0.25) is 4.79 Å². The Kier molecular flexibility index (Phi) is 2.96. The smallest absolute Gasteiger partial charge is 0.418 e. The maximum Gasteiger partial charge on any atom is 0.418 e. The highest BCUT2D eigenvalue weighted by Crippen LogP contribution is 2.13. The first-order valence-corrected chi connectivity index (χ1v) is 3.73. The van der Waals surface area contributed by atoms with Crippen LogP contribution in [0.1, 0.15) is 10.5 Å². The molecule has 0 unspecified atom stereocenters. The van der Waals surface area contributed by atoms with Crippen molar-refractivity contribution in [1.29, 1.82) is 0 Å². The van der Waals surface area contributed by atoms with E-state index in [1.165, 1.54) is 7.05 Å². The summed E-state index contributed by atoms with van der Waals surface area (Å²) in [6.07, 6.45) is -0.376. The van der Waals surface area contributed by atoms with Gasteiger partial charge < -0.3 is 10.8 Å². The number of amides is 1. The molecular weight excluding hydrogens is 204 g/mol. The fourth-order valence-electron chi connectivity index (χ4n) is 0.878. The van der Waals surface area contributed by atoms with E-state index in [0.29, 0.717) is 4.57 Å². The zero-order valence-electron chi connectivity index (χ0n) is 7.71. The topological polar surface area (TPSA) is 135 Å². The molecule has 1 amide bonds. The van der Waals surface area contributed by atoms with Gasteiger partial charge >= 0.3 is 6.09 Å². The maximum absolute atomic E-state index is 10.9. The molecule has 0 bridgehead atoms. The van der Waals surface area contributed by atoms with Crippen LogP contribution in [0.15, 0.2) is 16.7 Å². The molecular formula is C6H8N6O3. The van der Waals surface area contributed by atoms with Crippen molar-refractivity contribution in [3.63, 3.8) is 0 Å². The van der Waals surface area contributed by atoms with Gasteiger partial charge in [0.15, 0.2) is 11.5 Å². The van der Waals surface area contributed by atoms with Crippen LogP contribution in [0.4, 0.5) is 10.6 Å². The third-order valence-electron chi connectivity index (χ3n) is 1.46. The summed E-state index contributed by atoms with van der Waals surface area (Å²) in [6, 6.07) is 0. The van der Waals surface area contributed by atoms with Crippen LogP contribution in [0.25, 0.3) is 0 Å². The van der Waals surface area contributed by atoms with Gasteiger partial charge in [-0.05, 0) is 0 Å². The lowest BCUT2D eigenvalue weighted by atomic mass is 10.4. The molecule has 9 heteroatoms. The Labute approximate surface area is 83.6 Å². The molecule has 0 spiro atoms. The Morgan fingerprint density at radius 3 is 2.80 bits per heavy atom. The standard InChI is InChI=1S/C6H8N6O3/c1-8-11-10-5-3(4(7)13)9-2-12(5)6(14)15/h2H,1H3,(H2,7,13)(H,8,10)(H,14,15). The van der Waals surface area contributed by atoms with Crippen LogP contribution in [-0.2, 0) is 0 Å². The van der Waals surface area contributed by atoms with Crippen LogP contribution in [-0.4, -0.2) is 33.7 Å². The molecule has 0 aromatic carbocycles. The third kappa shape index (κ3) is 2.07. The van der Waals surface area contributed by atoms with Crippen molar-refractivity contribution in [3.05, 3.63) is 12.0 Å². The summed E-state index contributed by atoms with van der Waals surface area (Å²) in [5.41, 5.74) is 7.01. The number of carbonyl (C=O) groups excluding carboxylic acids is 1. The van der Waals surface area contributed by atoms with E-state index in [1.807, 2.05) is 0 Å². The summed E-state index contributed by atoms with van der Waals surface area (Å²) in [7, 11) is 1.37. The second-order valence-corrected chi connectivity index (χ2v) is 2.37. The van der Waals surface area contributed by atoms with E-state index < -0.39 is 12.0 Å². The van der Waals surface area contributed by atoms with Crippen LogP contribution >= 0.6 is 0 Å². The summed E-state index contributed by atoms with van der Waals surface area (Å²) in [4.78, 5) is 25.1. The molecule has 0 saturated carbocycles. The van der Waals surface area contributed by atoms with Crippen LogP contribution < -0.4 is 11.2 Å². The molecule has 9 nitrogen and oxygen atoms in total. The number of carbonyl (C=O) groups is 2. The number of aromatic nitrogens is 2. The van der Waals surface area contributed by atoms with Crippen LogP contribution in [0.3, 0.4) is 0 Å². The molecule has 0 saturated heterocycles. The first-order chi connectivity index (χ1) is 7.07. The minimum Gasteiger partial charge on any atom is -0.464 e. The maximum atomic E-state index is 10.9. The number of rotatable bonds is 3. The lowest BCUT2D eigenvalue weighted by molar-refractivity contribution is 0.0997. The van der Waals surface area contributed by atoms with Crippen LogP contribution in [0, 0.1) is 0 Å². The number of nitrogens with one attached hydrogen (secondary N) is 1. The lowest BCUT2D eigenvalue weighted by Gasteiger charge is -2.01. The van der Waals surface area contributed by atoms with Crippen LogP contribution in [0.5, 0.6) is 0 Å². The normalized spacial score (nSPS) is 10.5. The average Bonchev–Trinajstić information content (AvgIpc) is 2.57. The number of carboxylic acid groups (broad SMARTS) is 1. The molecule has 0 atom stereocenters. The fraction of sp³-hybridized carbons (Fsp3) is 0.167. The minimum absolute atomic E-state index is 0.138. The zero-order valence-corrected chi connectivity index (χ0v) is 7.71. The zero-order chi connectivity index (χ0) is 11.4. The molecule has 1 aromatic heterocycles. The van der Waals surface area contributed by atoms with Gasteiger partial charge in [-0.25, -0.2) is 19.8 Å². The van der Waals surface area contributed by atoms with Gasteiger partial charge in [0, 0.05) is 0 Å². The van der Waals surface area contributed by atoms with Gasteiger partial charge in [0.05, 0.1) is 7.05 Å². The van der Waals surface area contributed by atoms with E-state index in [1.54, 1.807) is 0 Å². The molecule has 0 aliphatic carbocycles. The van der Waals surface area contributed by atoms with Gasteiger partial charge in [0.1, 0.15) is 6.33 Å². The molecule has 0 aliphatic rings. The summed E-state index contributed by atoms with van der Waals surface area (Å²) >= 11 is 0. The Morgan fingerprint density at radius 2 is 2.33 bits per heavy atom. The predicted octanol–water partition coefficient (Wildman–Crippen LogP) is -0.0830. The molecule has 0 radical (unpaired) electrons. The monoisotopic (exact) mass is 212 g/mol. The second-order valence-electron chi connectivity index (χ2n) is 2.37. The van der Waals surface area contributed by atoms with E-state index >= 15 is 0 Å². The average molecular weight is 212 g/mol. The Morgan fingerprint density at radius 1 is 1.67 bits per heavy atom. The molecule has 0 fully saturated rings. The molecule has 1 aromatic rings. The summed E-state index contributed by atoms with van der Waals surface area (Å²) in [5, 5.41) is 15.4. The van der Waals surface area contributed by atoms with Crippen molar-refractivity contribution < 1.29 is 14.7 Å². The van der Waals surface area contributed by atoms with Gasteiger partial charge in [0.25, 0.3) is 5.91 Å². The van der Waals surface area contributed by atoms with Gasteiger partial charge in [-0.15, -0.1) is 0 Å². The van der Waals surface area contributed by atoms with Crippen molar-refractivity contribution in [2.24, 2.45) is 16.1 Å². The minimum atomic E-state index is -1.32. The van der Waals surface area contributed by atoms with Crippen LogP contribution in [0.2, 0.25) is 0 Å². The van der Waals surface area contributed by atoms with Gasteiger partial charge in [-0.2, -0.15) is 5.11 Å². The third-order valence-corrected chi connectivity index (χ3v) is 1.46. The molecule has 15 heavy (non-hydrogen) atoms. The molecule has 80 valence electrons. The number of hydrogen-bond donors (Lipinski definition) is 3. The SMILES string of the molecule is CN=NNc1c(C(N)=O)ncn1C(=O)O. The van der Waals surface area contributed by atoms with Crippen molar-refractivity contribution >= 4 is 17.8 Å². The quantitative estimate of drug-likeness (QED) is 0.475. The predicted molar refractivity (Wildman–Crippen MR) is 48.6 cm³/mol. The van der Waals surface area contributed by atoms with E-state index in [0.717, 1.165) is 6.33 Å². The highest BCUT2D eigenvalue weighted by Gasteiger charge is 2.18. The number of hydrogen-bond acceptors (Lipinski definition) is 5. The number of primary amides is 1. The number of nitrogens with zero attached hydrogens (tertiary/aromatic N) is 4. The van der Waals surface area contributed by atoms with E-state index in [4.69, 9.17) is 10.8 Å². The number of nitrogens with two attached hydrogens (primary N) is 1. The van der Waals surface area contributed by atoms with Crippen molar-refractivity contribution in [1.82, 2.24) is 9.55 Å². The van der Waals surface area contributed by atoms with E-state index in [-0.39, 0.29) is 11.5 Å². The first kappa shape index (κ1) is 10.6. The van der Waals surface area contributed by atoms with Crippen molar-refractivity contribution in [2.45, 2.75) is 0 Å². The van der Waals surface area contributed by atoms with Gasteiger partial charge in [-0.1, -0.05) is 5.22 Å². The van der Waals surface area contributed by atoms with Crippen molar-refractivity contribution in [3.8, 4) is 0 Å². The number of imidazole rings is 1. The highest BCUT2D eigenvalue weighted by molar-refractivity contribution is 5.97. The lowest BCUT2D eigenvalue weighted by Crippen LogP contribution is -2.16. The molecule has 1 heterocycles. The van der Waals surface area contributed by atoms with Crippen molar-refractivity contribution in [2.75, 3.05) is 12.5 Å². The molecule has 1 rings (SSSR count). The highest BCUT2D eigenvalue weighted by atomic mass is 16.4. The van der Waals surface area contributed by atoms with E-state index in [9.17, 15) is 9.59 Å². The number of anilines is 1. The fourth-order valence-corrected chi connectivity index (χ4v) is 0.878. The molecule has 0 aliphatic heterocycles.